The van der Waals surface area contributed by atoms with Crippen LogP contribution in [0.2, 0.25) is 0 Å². The number of carbonyl (C=O) groups excluding carboxylic acids is 1. The van der Waals surface area contributed by atoms with Crippen LogP contribution < -0.4 is 4.74 Å². The van der Waals surface area contributed by atoms with Crippen molar-refractivity contribution in [1.29, 1.82) is 0 Å². The second-order valence-corrected chi connectivity index (χ2v) is 7.44. The molecule has 0 saturated heterocycles. The van der Waals surface area contributed by atoms with Crippen LogP contribution in [0.5, 0.6) is 5.75 Å². The van der Waals surface area contributed by atoms with E-state index in [2.05, 4.69) is 5.92 Å². The molecule has 2 rings (SSSR count). The summed E-state index contributed by atoms with van der Waals surface area (Å²) in [7, 11) is -4.23. The van der Waals surface area contributed by atoms with E-state index in [1.807, 2.05) is 0 Å². The number of hydrogen-bond acceptors (Lipinski definition) is 5. The van der Waals surface area contributed by atoms with Crippen LogP contribution in [0.25, 0.3) is 0 Å². The van der Waals surface area contributed by atoms with E-state index in [9.17, 15) is 17.6 Å². The zero-order valence-corrected chi connectivity index (χ0v) is 14.4. The number of hydrogen-bond donors (Lipinski definition) is 1. The van der Waals surface area contributed by atoms with E-state index in [4.69, 9.17) is 20.4 Å². The molecule has 0 amide bonds. The highest BCUT2D eigenvalue weighted by Crippen LogP contribution is 2.34. The maximum Gasteiger partial charge on any atom is 0.338 e. The summed E-state index contributed by atoms with van der Waals surface area (Å²) in [6.07, 6.45) is 9.57. The maximum atomic E-state index is 14.0. The number of terminal acetylenes is 1. The van der Waals surface area contributed by atoms with E-state index in [1.54, 1.807) is 0 Å². The molecule has 25 heavy (non-hydrogen) atoms. The van der Waals surface area contributed by atoms with Crippen molar-refractivity contribution in [3.05, 3.63) is 29.6 Å². The van der Waals surface area contributed by atoms with Gasteiger partial charge in [0, 0.05) is 0 Å². The van der Waals surface area contributed by atoms with Gasteiger partial charge in [0.25, 0.3) is 10.1 Å². The topological polar surface area (TPSA) is 89.9 Å². The fourth-order valence-corrected chi connectivity index (χ4v) is 2.93. The molecule has 0 heterocycles. The molecule has 1 aliphatic carbocycles. The number of ether oxygens (including phenoxy) is 2. The Hall–Kier alpha value is -2.11. The highest BCUT2D eigenvalue weighted by atomic mass is 32.2. The van der Waals surface area contributed by atoms with Crippen molar-refractivity contribution in [2.24, 2.45) is 0 Å². The molecule has 136 valence electrons. The van der Waals surface area contributed by atoms with Crippen molar-refractivity contribution >= 4 is 16.1 Å². The Kier molecular flexibility index (Phi) is 6.03. The minimum absolute atomic E-state index is 0.00489. The minimum atomic E-state index is -4.23. The second-order valence-electron chi connectivity index (χ2n) is 5.87. The van der Waals surface area contributed by atoms with Crippen LogP contribution in [0, 0.1) is 18.2 Å². The van der Waals surface area contributed by atoms with Crippen molar-refractivity contribution in [2.75, 3.05) is 12.4 Å². The Balaban J connectivity index is 2.11. The van der Waals surface area contributed by atoms with Gasteiger partial charge in [-0.15, -0.1) is 6.42 Å². The van der Waals surface area contributed by atoms with Gasteiger partial charge in [-0.1, -0.05) is 12.3 Å². The Bertz CT molecular complexity index is 775. The van der Waals surface area contributed by atoms with Crippen LogP contribution >= 0.6 is 0 Å². The summed E-state index contributed by atoms with van der Waals surface area (Å²) < 4.78 is 54.3. The fourth-order valence-electron chi connectivity index (χ4n) is 2.64. The van der Waals surface area contributed by atoms with Crippen LogP contribution in [0.1, 0.15) is 42.5 Å². The lowest BCUT2D eigenvalue weighted by molar-refractivity contribution is 0.0524. The lowest BCUT2D eigenvalue weighted by Gasteiger charge is -2.33. The smallest absolute Gasteiger partial charge is 0.338 e. The Morgan fingerprint density at radius 2 is 2.00 bits per heavy atom. The first-order valence-electron chi connectivity index (χ1n) is 7.83. The number of halogens is 1. The third-order valence-corrected chi connectivity index (χ3v) is 4.65. The number of rotatable bonds is 6. The van der Waals surface area contributed by atoms with Crippen LogP contribution in [-0.4, -0.2) is 36.9 Å². The molecular weight excluding hydrogens is 351 g/mol. The molecule has 1 N–H and O–H groups in total. The average molecular weight is 370 g/mol. The molecular formula is C17H19FO6S. The second kappa shape index (κ2) is 7.85. The van der Waals surface area contributed by atoms with Gasteiger partial charge in [-0.2, -0.15) is 8.42 Å². The van der Waals surface area contributed by atoms with Crippen LogP contribution in [0.3, 0.4) is 0 Å². The van der Waals surface area contributed by atoms with E-state index in [0.29, 0.717) is 12.8 Å². The predicted molar refractivity (Wildman–Crippen MR) is 88.4 cm³/mol. The molecule has 1 saturated carbocycles. The first kappa shape index (κ1) is 19.2. The molecule has 0 radical (unpaired) electrons. The van der Waals surface area contributed by atoms with E-state index < -0.39 is 39.9 Å². The van der Waals surface area contributed by atoms with E-state index in [1.165, 1.54) is 12.1 Å². The van der Waals surface area contributed by atoms with Crippen LogP contribution in [0.4, 0.5) is 4.39 Å². The van der Waals surface area contributed by atoms with Gasteiger partial charge in [0.1, 0.15) is 12.4 Å². The molecule has 1 fully saturated rings. The summed E-state index contributed by atoms with van der Waals surface area (Å²) in [5, 5.41) is 0. The highest BCUT2D eigenvalue weighted by Gasteiger charge is 2.33. The fraction of sp³-hybridized carbons (Fsp3) is 0.471. The van der Waals surface area contributed by atoms with Gasteiger partial charge in [0.15, 0.2) is 17.2 Å². The van der Waals surface area contributed by atoms with Crippen molar-refractivity contribution in [2.45, 2.75) is 37.7 Å². The average Bonchev–Trinajstić information content (AvgIpc) is 2.56. The zero-order valence-electron chi connectivity index (χ0n) is 13.5. The molecule has 0 unspecified atom stereocenters. The number of carbonyl (C=O) groups is 1. The summed E-state index contributed by atoms with van der Waals surface area (Å²) >= 11 is 0. The van der Waals surface area contributed by atoms with E-state index >= 15 is 0 Å². The van der Waals surface area contributed by atoms with E-state index in [0.717, 1.165) is 25.3 Å². The molecule has 0 atom stereocenters. The molecule has 6 nitrogen and oxygen atoms in total. The minimum Gasteiger partial charge on any atom is -0.472 e. The molecule has 0 aliphatic heterocycles. The first-order valence-corrected chi connectivity index (χ1v) is 9.44. The van der Waals surface area contributed by atoms with Gasteiger partial charge >= 0.3 is 5.97 Å². The SMILES string of the molecule is C#CC1(Oc2cc(C(=O)OCCS(=O)(=O)O)ccc2F)CCCCC1. The Morgan fingerprint density at radius 3 is 2.60 bits per heavy atom. The lowest BCUT2D eigenvalue weighted by Crippen LogP contribution is -2.36. The van der Waals surface area contributed by atoms with Crippen LogP contribution in [-0.2, 0) is 14.9 Å². The summed E-state index contributed by atoms with van der Waals surface area (Å²) in [6.45, 7) is -0.514. The first-order chi connectivity index (χ1) is 11.7. The highest BCUT2D eigenvalue weighted by molar-refractivity contribution is 7.85. The largest absolute Gasteiger partial charge is 0.472 e. The third kappa shape index (κ3) is 5.44. The predicted octanol–water partition coefficient (Wildman–Crippen LogP) is 2.59. The molecule has 1 aromatic rings. The van der Waals surface area contributed by atoms with Gasteiger partial charge < -0.3 is 9.47 Å². The zero-order chi connectivity index (χ0) is 18.5. The number of esters is 1. The maximum absolute atomic E-state index is 14.0. The van der Waals surface area contributed by atoms with Gasteiger partial charge in [0.2, 0.25) is 0 Å². The van der Waals surface area contributed by atoms with Crippen molar-refractivity contribution in [1.82, 2.24) is 0 Å². The van der Waals surface area contributed by atoms with Gasteiger partial charge in [-0.05, 0) is 43.9 Å². The summed E-state index contributed by atoms with van der Waals surface area (Å²) in [6, 6.07) is 3.43. The summed E-state index contributed by atoms with van der Waals surface area (Å²) in [5.74, 6) is 0.213. The molecule has 0 bridgehead atoms. The number of benzene rings is 1. The quantitative estimate of drug-likeness (QED) is 0.470. The van der Waals surface area contributed by atoms with Gasteiger partial charge in [-0.3, -0.25) is 4.55 Å². The normalized spacial score (nSPS) is 16.7. The summed E-state index contributed by atoms with van der Waals surface area (Å²) in [5.41, 5.74) is -0.901. The van der Waals surface area contributed by atoms with Crippen molar-refractivity contribution in [3.63, 3.8) is 0 Å². The Labute approximate surface area is 146 Å². The van der Waals surface area contributed by atoms with Crippen LogP contribution in [0.15, 0.2) is 18.2 Å². The molecule has 1 aliphatic rings. The standard InChI is InChI=1S/C17H19FO6S/c1-2-17(8-4-3-5-9-17)24-15-12-13(6-7-14(15)18)16(19)23-10-11-25(20,21)22/h1,6-7,12H,3-5,8-11H2,(H,20,21,22). The monoisotopic (exact) mass is 370 g/mol. The molecule has 0 spiro atoms. The van der Waals surface area contributed by atoms with E-state index in [-0.39, 0.29) is 11.3 Å². The Morgan fingerprint density at radius 1 is 1.32 bits per heavy atom. The van der Waals surface area contributed by atoms with Crippen molar-refractivity contribution in [3.8, 4) is 18.1 Å². The third-order valence-electron chi connectivity index (χ3n) is 3.97. The van der Waals surface area contributed by atoms with Gasteiger partial charge in [0.05, 0.1) is 5.56 Å². The lowest BCUT2D eigenvalue weighted by atomic mass is 9.85. The van der Waals surface area contributed by atoms with Crippen molar-refractivity contribution < 1.29 is 31.6 Å². The summed E-state index contributed by atoms with van der Waals surface area (Å²) in [4.78, 5) is 11.9. The molecule has 8 heteroatoms. The van der Waals surface area contributed by atoms with Gasteiger partial charge in [-0.25, -0.2) is 9.18 Å². The molecule has 1 aromatic carbocycles. The molecule has 0 aromatic heterocycles.